The van der Waals surface area contributed by atoms with Crippen molar-refractivity contribution < 1.29 is 0 Å². The molecule has 0 spiro atoms. The van der Waals surface area contributed by atoms with Crippen molar-refractivity contribution in [1.29, 1.82) is 0 Å². The molecule has 0 fully saturated rings. The lowest BCUT2D eigenvalue weighted by atomic mass is 10.3. The predicted molar refractivity (Wildman–Crippen MR) is 62.0 cm³/mol. The molecular formula is C9H9ClN4OS. The van der Waals surface area contributed by atoms with E-state index in [1.165, 1.54) is 11.3 Å². The van der Waals surface area contributed by atoms with E-state index >= 15 is 0 Å². The summed E-state index contributed by atoms with van der Waals surface area (Å²) in [4.78, 5) is 15.5. The Morgan fingerprint density at radius 3 is 2.75 bits per heavy atom. The smallest absolute Gasteiger partial charge is 0.290 e. The molecule has 0 saturated carbocycles. The fraction of sp³-hybridized carbons (Fsp3) is 0.333. The van der Waals surface area contributed by atoms with Crippen molar-refractivity contribution in [2.75, 3.05) is 0 Å². The standard InChI is InChI=1S/C9H9ClN4OS/c1-5-3-6(2)14(9(15)11-5)4-7-12-13-8(10)16-7/h3H,4H2,1-2H3. The van der Waals surface area contributed by atoms with E-state index in [1.54, 1.807) is 11.5 Å². The molecule has 2 heterocycles. The number of nitrogens with zero attached hydrogens (tertiary/aromatic N) is 4. The van der Waals surface area contributed by atoms with Crippen molar-refractivity contribution in [3.05, 3.63) is 37.4 Å². The van der Waals surface area contributed by atoms with E-state index < -0.39 is 0 Å². The van der Waals surface area contributed by atoms with Gasteiger partial charge in [0, 0.05) is 11.4 Å². The van der Waals surface area contributed by atoms with Crippen LogP contribution in [0.15, 0.2) is 10.9 Å². The van der Waals surface area contributed by atoms with Gasteiger partial charge in [-0.2, -0.15) is 4.98 Å². The second-order valence-electron chi connectivity index (χ2n) is 3.36. The molecule has 0 radical (unpaired) electrons. The minimum absolute atomic E-state index is 0.274. The number of hydrogen-bond donors (Lipinski definition) is 0. The fourth-order valence-electron chi connectivity index (χ4n) is 1.40. The van der Waals surface area contributed by atoms with Gasteiger partial charge >= 0.3 is 5.69 Å². The van der Waals surface area contributed by atoms with Crippen LogP contribution in [0.5, 0.6) is 0 Å². The summed E-state index contributed by atoms with van der Waals surface area (Å²) in [5.41, 5.74) is 1.29. The molecule has 0 aromatic carbocycles. The van der Waals surface area contributed by atoms with E-state index in [2.05, 4.69) is 15.2 Å². The molecule has 0 amide bonds. The second-order valence-corrected chi connectivity index (χ2v) is 5.00. The Labute approximate surface area is 101 Å². The van der Waals surface area contributed by atoms with Gasteiger partial charge in [-0.25, -0.2) is 4.79 Å². The van der Waals surface area contributed by atoms with E-state index in [9.17, 15) is 4.79 Å². The summed E-state index contributed by atoms with van der Waals surface area (Å²) in [5, 5.41) is 8.25. The monoisotopic (exact) mass is 256 g/mol. The molecule has 84 valence electrons. The molecule has 0 unspecified atom stereocenters. The average molecular weight is 257 g/mol. The van der Waals surface area contributed by atoms with Crippen LogP contribution in [0.3, 0.4) is 0 Å². The van der Waals surface area contributed by atoms with Crippen LogP contribution in [-0.2, 0) is 6.54 Å². The van der Waals surface area contributed by atoms with Crippen LogP contribution < -0.4 is 5.69 Å². The van der Waals surface area contributed by atoms with Gasteiger partial charge in [0.05, 0.1) is 6.54 Å². The molecule has 0 bridgehead atoms. The Hall–Kier alpha value is -1.27. The number of hydrogen-bond acceptors (Lipinski definition) is 5. The molecule has 0 saturated heterocycles. The van der Waals surface area contributed by atoms with E-state index in [0.717, 1.165) is 5.69 Å². The Kier molecular flexibility index (Phi) is 3.02. The van der Waals surface area contributed by atoms with Crippen LogP contribution in [0.25, 0.3) is 0 Å². The Bertz CT molecular complexity index is 577. The van der Waals surface area contributed by atoms with Gasteiger partial charge in [-0.1, -0.05) is 11.3 Å². The zero-order valence-corrected chi connectivity index (χ0v) is 10.3. The zero-order valence-electron chi connectivity index (χ0n) is 8.77. The lowest BCUT2D eigenvalue weighted by molar-refractivity contribution is 0.685. The highest BCUT2D eigenvalue weighted by molar-refractivity contribution is 7.15. The van der Waals surface area contributed by atoms with Gasteiger partial charge < -0.3 is 0 Å². The first kappa shape index (κ1) is 11.2. The van der Waals surface area contributed by atoms with Crippen molar-refractivity contribution >= 4 is 22.9 Å². The minimum Gasteiger partial charge on any atom is -0.290 e. The molecule has 0 aliphatic rings. The quantitative estimate of drug-likeness (QED) is 0.815. The van der Waals surface area contributed by atoms with Crippen LogP contribution in [0.1, 0.15) is 16.4 Å². The van der Waals surface area contributed by atoms with Crippen LogP contribution in [0, 0.1) is 13.8 Å². The molecule has 16 heavy (non-hydrogen) atoms. The lowest BCUT2D eigenvalue weighted by Crippen LogP contribution is -2.26. The van der Waals surface area contributed by atoms with Gasteiger partial charge in [0.15, 0.2) is 0 Å². The highest BCUT2D eigenvalue weighted by Crippen LogP contribution is 2.15. The Morgan fingerprint density at radius 2 is 2.19 bits per heavy atom. The normalized spacial score (nSPS) is 10.7. The molecule has 0 aliphatic carbocycles. The summed E-state index contributed by atoms with van der Waals surface area (Å²) in [5.74, 6) is 0. The molecular weight excluding hydrogens is 248 g/mol. The largest absolute Gasteiger partial charge is 0.348 e. The van der Waals surface area contributed by atoms with Crippen molar-refractivity contribution in [3.8, 4) is 0 Å². The second kappa shape index (κ2) is 4.31. The summed E-state index contributed by atoms with van der Waals surface area (Å²) >= 11 is 6.93. The van der Waals surface area contributed by atoms with Crippen molar-refractivity contribution in [3.63, 3.8) is 0 Å². The number of halogens is 1. The van der Waals surface area contributed by atoms with Gasteiger partial charge in [0.2, 0.25) is 4.47 Å². The number of aromatic nitrogens is 4. The molecule has 0 N–H and O–H groups in total. The molecule has 5 nitrogen and oxygen atoms in total. The van der Waals surface area contributed by atoms with E-state index in [-0.39, 0.29) is 5.69 Å². The summed E-state index contributed by atoms with van der Waals surface area (Å²) < 4.78 is 1.92. The molecule has 2 rings (SSSR count). The topological polar surface area (TPSA) is 60.7 Å². The van der Waals surface area contributed by atoms with Gasteiger partial charge in [0.1, 0.15) is 5.01 Å². The predicted octanol–water partition coefficient (Wildman–Crippen LogP) is 1.41. The molecule has 0 aliphatic heterocycles. The maximum absolute atomic E-state index is 11.6. The number of rotatable bonds is 2. The maximum Gasteiger partial charge on any atom is 0.348 e. The van der Waals surface area contributed by atoms with Crippen molar-refractivity contribution in [2.45, 2.75) is 20.4 Å². The molecule has 7 heteroatoms. The molecule has 2 aromatic rings. The third-order valence-electron chi connectivity index (χ3n) is 2.08. The first-order chi connectivity index (χ1) is 7.56. The maximum atomic E-state index is 11.6. The Balaban J connectivity index is 2.38. The molecule has 2 aromatic heterocycles. The summed E-state index contributed by atoms with van der Waals surface area (Å²) in [6.07, 6.45) is 0. The van der Waals surface area contributed by atoms with Crippen LogP contribution >= 0.6 is 22.9 Å². The van der Waals surface area contributed by atoms with Gasteiger partial charge in [-0.05, 0) is 31.5 Å². The SMILES string of the molecule is Cc1cc(C)n(Cc2nnc(Cl)s2)c(=O)n1. The minimum atomic E-state index is -0.274. The first-order valence-corrected chi connectivity index (χ1v) is 5.78. The van der Waals surface area contributed by atoms with Gasteiger partial charge in [-0.15, -0.1) is 10.2 Å². The Morgan fingerprint density at radius 1 is 1.44 bits per heavy atom. The zero-order chi connectivity index (χ0) is 11.7. The van der Waals surface area contributed by atoms with E-state index in [0.29, 0.717) is 21.7 Å². The summed E-state index contributed by atoms with van der Waals surface area (Å²) in [6.45, 7) is 4.02. The van der Waals surface area contributed by atoms with Gasteiger partial charge in [-0.3, -0.25) is 4.57 Å². The van der Waals surface area contributed by atoms with Gasteiger partial charge in [0.25, 0.3) is 0 Å². The van der Waals surface area contributed by atoms with Crippen LogP contribution in [0.4, 0.5) is 0 Å². The summed E-state index contributed by atoms with van der Waals surface area (Å²) in [6, 6.07) is 1.85. The highest BCUT2D eigenvalue weighted by atomic mass is 35.5. The third-order valence-corrected chi connectivity index (χ3v) is 3.09. The third kappa shape index (κ3) is 2.28. The van der Waals surface area contributed by atoms with Crippen molar-refractivity contribution in [1.82, 2.24) is 19.7 Å². The fourth-order valence-corrected chi connectivity index (χ4v) is 2.26. The first-order valence-electron chi connectivity index (χ1n) is 4.59. The average Bonchev–Trinajstić information content (AvgIpc) is 2.58. The highest BCUT2D eigenvalue weighted by Gasteiger charge is 2.07. The van der Waals surface area contributed by atoms with E-state index in [1.807, 2.05) is 13.0 Å². The van der Waals surface area contributed by atoms with Crippen LogP contribution in [0.2, 0.25) is 4.47 Å². The summed E-state index contributed by atoms with van der Waals surface area (Å²) in [7, 11) is 0. The number of aryl methyl sites for hydroxylation is 2. The van der Waals surface area contributed by atoms with Crippen molar-refractivity contribution in [2.24, 2.45) is 0 Å². The molecule has 0 atom stereocenters. The lowest BCUT2D eigenvalue weighted by Gasteiger charge is -2.06. The van der Waals surface area contributed by atoms with E-state index in [4.69, 9.17) is 11.6 Å². The van der Waals surface area contributed by atoms with Crippen LogP contribution in [-0.4, -0.2) is 19.7 Å².